The van der Waals surface area contributed by atoms with Gasteiger partial charge in [0.15, 0.2) is 0 Å². The molecule has 0 aromatic rings. The highest BCUT2D eigenvalue weighted by Gasteiger charge is 2.12. The lowest BCUT2D eigenvalue weighted by molar-refractivity contribution is 0.0397. The summed E-state index contributed by atoms with van der Waals surface area (Å²) in [6.45, 7) is 5.58. The van der Waals surface area contributed by atoms with E-state index < -0.39 is 0 Å². The smallest absolute Gasteiger partial charge is 0.0700 e. The predicted octanol–water partition coefficient (Wildman–Crippen LogP) is 2.08. The maximum atomic E-state index is 5.65. The number of nitrogens with one attached hydrogen (secondary N) is 2. The average molecular weight is 284 g/mol. The Hall–Kier alpha value is -0.160. The number of ether oxygens (including phenoxy) is 2. The van der Waals surface area contributed by atoms with Gasteiger partial charge in [-0.25, -0.2) is 0 Å². The number of piperidine rings is 2. The van der Waals surface area contributed by atoms with E-state index in [0.717, 1.165) is 39.3 Å². The Morgan fingerprint density at radius 1 is 0.650 bits per heavy atom. The van der Waals surface area contributed by atoms with Gasteiger partial charge in [-0.05, 0) is 51.6 Å². The predicted molar refractivity (Wildman–Crippen MR) is 82.2 cm³/mol. The van der Waals surface area contributed by atoms with Gasteiger partial charge in [-0.1, -0.05) is 12.8 Å². The highest BCUT2D eigenvalue weighted by molar-refractivity contribution is 4.72. The van der Waals surface area contributed by atoms with Crippen LogP contribution in [0.15, 0.2) is 0 Å². The highest BCUT2D eigenvalue weighted by atomic mass is 16.5. The monoisotopic (exact) mass is 284 g/mol. The summed E-state index contributed by atoms with van der Waals surface area (Å²) in [5, 5.41) is 7.10. The third-order valence-corrected chi connectivity index (χ3v) is 4.42. The molecule has 0 saturated carbocycles. The summed E-state index contributed by atoms with van der Waals surface area (Å²) in [7, 11) is 0. The largest absolute Gasteiger partial charge is 0.379 e. The van der Waals surface area contributed by atoms with Crippen LogP contribution in [0.3, 0.4) is 0 Å². The molecular formula is C16H32N2O2. The zero-order valence-electron chi connectivity index (χ0n) is 12.9. The molecular weight excluding hydrogens is 252 g/mol. The summed E-state index contributed by atoms with van der Waals surface area (Å²) in [5.41, 5.74) is 0. The molecule has 2 fully saturated rings. The van der Waals surface area contributed by atoms with Crippen molar-refractivity contribution in [3.05, 3.63) is 0 Å². The minimum atomic E-state index is 0.682. The first-order valence-electron chi connectivity index (χ1n) is 8.57. The van der Waals surface area contributed by atoms with Crippen LogP contribution in [0.2, 0.25) is 0 Å². The van der Waals surface area contributed by atoms with Gasteiger partial charge in [0.2, 0.25) is 0 Å². The lowest BCUT2D eigenvalue weighted by Crippen LogP contribution is -2.35. The normalized spacial score (nSPS) is 27.6. The SMILES string of the molecule is C1CCC(CCOCCOCCC2CCCCN2)NC1. The van der Waals surface area contributed by atoms with Gasteiger partial charge in [-0.3, -0.25) is 0 Å². The molecule has 2 aliphatic heterocycles. The van der Waals surface area contributed by atoms with Gasteiger partial charge in [-0.2, -0.15) is 0 Å². The summed E-state index contributed by atoms with van der Waals surface area (Å²) in [4.78, 5) is 0. The van der Waals surface area contributed by atoms with Gasteiger partial charge in [-0.15, -0.1) is 0 Å². The maximum Gasteiger partial charge on any atom is 0.0700 e. The van der Waals surface area contributed by atoms with Crippen molar-refractivity contribution < 1.29 is 9.47 Å². The molecule has 0 radical (unpaired) electrons. The minimum Gasteiger partial charge on any atom is -0.379 e. The van der Waals surface area contributed by atoms with E-state index in [0.29, 0.717) is 12.1 Å². The van der Waals surface area contributed by atoms with Crippen LogP contribution < -0.4 is 10.6 Å². The van der Waals surface area contributed by atoms with Crippen LogP contribution in [-0.4, -0.2) is 51.6 Å². The van der Waals surface area contributed by atoms with Crippen molar-refractivity contribution in [2.75, 3.05) is 39.5 Å². The van der Waals surface area contributed by atoms with E-state index in [1.807, 2.05) is 0 Å². The third kappa shape index (κ3) is 7.02. The summed E-state index contributed by atoms with van der Waals surface area (Å²) < 4.78 is 11.3. The number of hydrogen-bond acceptors (Lipinski definition) is 4. The molecule has 2 saturated heterocycles. The van der Waals surface area contributed by atoms with Gasteiger partial charge in [0.05, 0.1) is 13.2 Å². The molecule has 20 heavy (non-hydrogen) atoms. The van der Waals surface area contributed by atoms with Crippen molar-refractivity contribution in [2.24, 2.45) is 0 Å². The fraction of sp³-hybridized carbons (Fsp3) is 1.00. The topological polar surface area (TPSA) is 42.5 Å². The number of rotatable bonds is 9. The van der Waals surface area contributed by atoms with Crippen molar-refractivity contribution in [2.45, 2.75) is 63.5 Å². The van der Waals surface area contributed by atoms with Gasteiger partial charge < -0.3 is 20.1 Å². The second kappa shape index (κ2) is 10.6. The Morgan fingerprint density at radius 2 is 1.15 bits per heavy atom. The molecule has 2 N–H and O–H groups in total. The highest BCUT2D eigenvalue weighted by Crippen LogP contribution is 2.10. The lowest BCUT2D eigenvalue weighted by Gasteiger charge is -2.23. The molecule has 4 nitrogen and oxygen atoms in total. The van der Waals surface area contributed by atoms with E-state index in [1.54, 1.807) is 0 Å². The second-order valence-corrected chi connectivity index (χ2v) is 6.10. The van der Waals surface area contributed by atoms with E-state index in [2.05, 4.69) is 10.6 Å². The molecule has 0 aliphatic carbocycles. The van der Waals surface area contributed by atoms with Crippen LogP contribution in [0, 0.1) is 0 Å². The Labute approximate surface area is 124 Å². The van der Waals surface area contributed by atoms with E-state index in [4.69, 9.17) is 9.47 Å². The summed E-state index contributed by atoms with van der Waals surface area (Å²) in [6, 6.07) is 1.36. The van der Waals surface area contributed by atoms with Gasteiger partial charge in [0.1, 0.15) is 0 Å². The third-order valence-electron chi connectivity index (χ3n) is 4.42. The Balaban J connectivity index is 1.33. The summed E-state index contributed by atoms with van der Waals surface area (Å²) >= 11 is 0. The molecule has 0 aromatic heterocycles. The minimum absolute atomic E-state index is 0.682. The molecule has 2 aliphatic rings. The lowest BCUT2D eigenvalue weighted by atomic mass is 10.0. The van der Waals surface area contributed by atoms with Crippen molar-refractivity contribution in [3.63, 3.8) is 0 Å². The van der Waals surface area contributed by atoms with Crippen LogP contribution in [-0.2, 0) is 9.47 Å². The molecule has 4 heteroatoms. The van der Waals surface area contributed by atoms with Crippen molar-refractivity contribution in [1.29, 1.82) is 0 Å². The molecule has 2 heterocycles. The first-order chi connectivity index (χ1) is 9.95. The number of hydrogen-bond donors (Lipinski definition) is 2. The first-order valence-corrected chi connectivity index (χ1v) is 8.57. The van der Waals surface area contributed by atoms with Crippen molar-refractivity contribution in [3.8, 4) is 0 Å². The van der Waals surface area contributed by atoms with Crippen molar-refractivity contribution >= 4 is 0 Å². The molecule has 2 unspecified atom stereocenters. The standard InChI is InChI=1S/C16H32N2O2/c1-3-9-17-15(5-1)7-11-19-13-14-20-12-8-16-6-2-4-10-18-16/h15-18H,1-14H2. The average Bonchev–Trinajstić information content (AvgIpc) is 2.52. The molecule has 0 spiro atoms. The van der Waals surface area contributed by atoms with Crippen LogP contribution in [0.4, 0.5) is 0 Å². The Morgan fingerprint density at radius 3 is 1.55 bits per heavy atom. The zero-order valence-corrected chi connectivity index (χ0v) is 12.9. The van der Waals surface area contributed by atoms with Crippen LogP contribution in [0.5, 0.6) is 0 Å². The molecule has 118 valence electrons. The van der Waals surface area contributed by atoms with Gasteiger partial charge in [0, 0.05) is 25.3 Å². The quantitative estimate of drug-likeness (QED) is 0.636. The van der Waals surface area contributed by atoms with Crippen molar-refractivity contribution in [1.82, 2.24) is 10.6 Å². The molecule has 0 aromatic carbocycles. The van der Waals surface area contributed by atoms with Crippen LogP contribution >= 0.6 is 0 Å². The summed E-state index contributed by atoms with van der Waals surface area (Å²) in [5.74, 6) is 0. The van der Waals surface area contributed by atoms with Crippen LogP contribution in [0.25, 0.3) is 0 Å². The van der Waals surface area contributed by atoms with Gasteiger partial charge in [0.25, 0.3) is 0 Å². The molecule has 2 rings (SSSR count). The van der Waals surface area contributed by atoms with E-state index in [1.165, 1.54) is 51.6 Å². The van der Waals surface area contributed by atoms with E-state index in [9.17, 15) is 0 Å². The Bertz CT molecular complexity index is 203. The molecule has 0 bridgehead atoms. The Kier molecular flexibility index (Phi) is 8.55. The summed E-state index contributed by atoms with van der Waals surface area (Å²) in [6.07, 6.45) is 10.3. The van der Waals surface area contributed by atoms with Crippen LogP contribution in [0.1, 0.15) is 51.4 Å². The van der Waals surface area contributed by atoms with E-state index >= 15 is 0 Å². The fourth-order valence-corrected chi connectivity index (χ4v) is 3.11. The first kappa shape index (κ1) is 16.2. The maximum absolute atomic E-state index is 5.65. The second-order valence-electron chi connectivity index (χ2n) is 6.10. The molecule has 2 atom stereocenters. The van der Waals surface area contributed by atoms with Gasteiger partial charge >= 0.3 is 0 Å². The molecule has 0 amide bonds. The zero-order chi connectivity index (χ0) is 13.9. The van der Waals surface area contributed by atoms with E-state index in [-0.39, 0.29) is 0 Å². The fourth-order valence-electron chi connectivity index (χ4n) is 3.11.